The van der Waals surface area contributed by atoms with E-state index in [-0.39, 0.29) is 12.0 Å². The van der Waals surface area contributed by atoms with Crippen molar-refractivity contribution >= 4 is 5.91 Å². The highest BCUT2D eigenvalue weighted by Crippen LogP contribution is 2.04. The zero-order valence-corrected chi connectivity index (χ0v) is 10.9. The van der Waals surface area contributed by atoms with Crippen LogP contribution in [0.1, 0.15) is 23.1 Å². The summed E-state index contributed by atoms with van der Waals surface area (Å²) in [5.41, 5.74) is 1.47. The fourth-order valence-corrected chi connectivity index (χ4v) is 2.02. The lowest BCUT2D eigenvalue weighted by Crippen LogP contribution is -2.45. The van der Waals surface area contributed by atoms with Crippen molar-refractivity contribution in [1.29, 1.82) is 0 Å². The molecule has 1 fully saturated rings. The summed E-state index contributed by atoms with van der Waals surface area (Å²) in [7, 11) is 0. The third-order valence-electron chi connectivity index (χ3n) is 2.93. The fourth-order valence-electron chi connectivity index (χ4n) is 2.02. The molecule has 0 aliphatic carbocycles. The molecule has 6 nitrogen and oxygen atoms in total. The molecule has 1 aliphatic heterocycles. The third kappa shape index (κ3) is 3.08. The molecule has 100 valence electrons. The van der Waals surface area contributed by atoms with Crippen LogP contribution in [0, 0.1) is 6.92 Å². The number of hydrogen-bond acceptors (Lipinski definition) is 4. The summed E-state index contributed by atoms with van der Waals surface area (Å²) < 4.78 is 7.24. The van der Waals surface area contributed by atoms with Crippen LogP contribution in [0.4, 0.5) is 0 Å². The summed E-state index contributed by atoms with van der Waals surface area (Å²) in [6.45, 7) is 7.44. The van der Waals surface area contributed by atoms with Crippen molar-refractivity contribution in [2.24, 2.45) is 0 Å². The van der Waals surface area contributed by atoms with E-state index in [0.29, 0.717) is 25.4 Å². The van der Waals surface area contributed by atoms with Gasteiger partial charge in [0.1, 0.15) is 5.69 Å². The Kier molecular flexibility index (Phi) is 4.33. The van der Waals surface area contributed by atoms with Gasteiger partial charge in [-0.05, 0) is 19.9 Å². The lowest BCUT2D eigenvalue weighted by atomic mass is 10.3. The second kappa shape index (κ2) is 5.97. The minimum Gasteiger partial charge on any atom is -0.374 e. The van der Waals surface area contributed by atoms with Crippen molar-refractivity contribution in [3.8, 4) is 0 Å². The fraction of sp³-hybridized carbons (Fsp3) is 0.667. The SMILES string of the molecule is CCn1nc(C)cc1C(=O)NCC1CNCCO1. The molecule has 0 spiro atoms. The van der Waals surface area contributed by atoms with Crippen LogP contribution < -0.4 is 10.6 Å². The van der Waals surface area contributed by atoms with Crippen LogP contribution in [0.3, 0.4) is 0 Å². The zero-order valence-electron chi connectivity index (χ0n) is 10.9. The molecule has 2 heterocycles. The van der Waals surface area contributed by atoms with Crippen LogP contribution in [0.15, 0.2) is 6.07 Å². The maximum absolute atomic E-state index is 12.0. The van der Waals surface area contributed by atoms with Crippen LogP contribution >= 0.6 is 0 Å². The van der Waals surface area contributed by atoms with Crippen molar-refractivity contribution < 1.29 is 9.53 Å². The molecule has 1 unspecified atom stereocenters. The molecule has 2 N–H and O–H groups in total. The topological polar surface area (TPSA) is 68.2 Å². The Morgan fingerprint density at radius 3 is 3.22 bits per heavy atom. The first-order valence-corrected chi connectivity index (χ1v) is 6.35. The second-order valence-corrected chi connectivity index (χ2v) is 4.39. The number of hydrogen-bond donors (Lipinski definition) is 2. The van der Waals surface area contributed by atoms with Crippen molar-refractivity contribution in [1.82, 2.24) is 20.4 Å². The summed E-state index contributed by atoms with van der Waals surface area (Å²) in [6, 6.07) is 1.80. The van der Waals surface area contributed by atoms with Gasteiger partial charge in [0.15, 0.2) is 0 Å². The molecule has 1 saturated heterocycles. The highest BCUT2D eigenvalue weighted by molar-refractivity contribution is 5.92. The Bertz CT molecular complexity index is 410. The molecule has 0 radical (unpaired) electrons. The Labute approximate surface area is 107 Å². The number of nitrogens with one attached hydrogen (secondary N) is 2. The van der Waals surface area contributed by atoms with Crippen LogP contribution in [0.25, 0.3) is 0 Å². The largest absolute Gasteiger partial charge is 0.374 e. The number of rotatable bonds is 4. The Hall–Kier alpha value is -1.40. The first kappa shape index (κ1) is 13.0. The van der Waals surface area contributed by atoms with Gasteiger partial charge >= 0.3 is 0 Å². The van der Waals surface area contributed by atoms with E-state index in [0.717, 1.165) is 18.8 Å². The van der Waals surface area contributed by atoms with E-state index in [4.69, 9.17) is 4.74 Å². The number of aryl methyl sites for hydroxylation is 2. The maximum Gasteiger partial charge on any atom is 0.269 e. The predicted molar refractivity (Wildman–Crippen MR) is 67.6 cm³/mol. The van der Waals surface area contributed by atoms with E-state index in [1.165, 1.54) is 0 Å². The zero-order chi connectivity index (χ0) is 13.0. The molecule has 1 aliphatic rings. The molecule has 1 atom stereocenters. The lowest BCUT2D eigenvalue weighted by molar-refractivity contribution is 0.0286. The molecule has 1 aromatic heterocycles. The minimum absolute atomic E-state index is 0.0572. The minimum atomic E-state index is -0.0911. The summed E-state index contributed by atoms with van der Waals surface area (Å²) in [6.07, 6.45) is 0.0572. The van der Waals surface area contributed by atoms with Crippen molar-refractivity contribution in [3.05, 3.63) is 17.5 Å². The quantitative estimate of drug-likeness (QED) is 0.787. The van der Waals surface area contributed by atoms with Crippen molar-refractivity contribution in [2.45, 2.75) is 26.5 Å². The van der Waals surface area contributed by atoms with E-state index in [1.807, 2.05) is 13.8 Å². The average molecular weight is 252 g/mol. The van der Waals surface area contributed by atoms with Gasteiger partial charge < -0.3 is 15.4 Å². The molecule has 0 saturated carbocycles. The number of carbonyl (C=O) groups is 1. The smallest absolute Gasteiger partial charge is 0.269 e. The van der Waals surface area contributed by atoms with Crippen LogP contribution in [0.5, 0.6) is 0 Å². The van der Waals surface area contributed by atoms with Gasteiger partial charge in [-0.15, -0.1) is 0 Å². The normalized spacial score (nSPS) is 19.8. The summed E-state index contributed by atoms with van der Waals surface area (Å²) in [4.78, 5) is 12.0. The van der Waals surface area contributed by atoms with Gasteiger partial charge in [0.2, 0.25) is 0 Å². The monoisotopic (exact) mass is 252 g/mol. The number of nitrogens with zero attached hydrogens (tertiary/aromatic N) is 2. The summed E-state index contributed by atoms with van der Waals surface area (Å²) in [5, 5.41) is 10.4. The van der Waals surface area contributed by atoms with Gasteiger partial charge in [-0.25, -0.2) is 0 Å². The van der Waals surface area contributed by atoms with Gasteiger partial charge in [0, 0.05) is 26.2 Å². The molecular weight excluding hydrogens is 232 g/mol. The van der Waals surface area contributed by atoms with Gasteiger partial charge in [-0.3, -0.25) is 9.48 Å². The summed E-state index contributed by atoms with van der Waals surface area (Å²) in [5.74, 6) is -0.0911. The molecule has 0 aromatic carbocycles. The average Bonchev–Trinajstić information content (AvgIpc) is 2.78. The third-order valence-corrected chi connectivity index (χ3v) is 2.93. The second-order valence-electron chi connectivity index (χ2n) is 4.39. The van der Waals surface area contributed by atoms with E-state index in [2.05, 4.69) is 15.7 Å². The van der Waals surface area contributed by atoms with Crippen molar-refractivity contribution in [3.63, 3.8) is 0 Å². The molecule has 1 amide bonds. The van der Waals surface area contributed by atoms with Crippen LogP contribution in [-0.2, 0) is 11.3 Å². The maximum atomic E-state index is 12.0. The highest BCUT2D eigenvalue weighted by atomic mass is 16.5. The number of aromatic nitrogens is 2. The lowest BCUT2D eigenvalue weighted by Gasteiger charge is -2.23. The number of amides is 1. The first-order valence-electron chi connectivity index (χ1n) is 6.35. The Morgan fingerprint density at radius 1 is 1.72 bits per heavy atom. The van der Waals surface area contributed by atoms with Gasteiger partial charge in [-0.1, -0.05) is 0 Å². The van der Waals surface area contributed by atoms with E-state index in [9.17, 15) is 4.79 Å². The standard InChI is InChI=1S/C12H20N4O2/c1-3-16-11(6-9(2)15-16)12(17)14-8-10-7-13-4-5-18-10/h6,10,13H,3-5,7-8H2,1-2H3,(H,14,17). The van der Waals surface area contributed by atoms with E-state index in [1.54, 1.807) is 10.7 Å². The molecule has 1 aromatic rings. The number of ether oxygens (including phenoxy) is 1. The van der Waals surface area contributed by atoms with E-state index >= 15 is 0 Å². The van der Waals surface area contributed by atoms with Gasteiger partial charge in [-0.2, -0.15) is 5.10 Å². The molecule has 0 bridgehead atoms. The number of morpholine rings is 1. The van der Waals surface area contributed by atoms with Gasteiger partial charge in [0.25, 0.3) is 5.91 Å². The summed E-state index contributed by atoms with van der Waals surface area (Å²) >= 11 is 0. The molecular formula is C12H20N4O2. The molecule has 18 heavy (non-hydrogen) atoms. The first-order chi connectivity index (χ1) is 8.70. The Morgan fingerprint density at radius 2 is 2.56 bits per heavy atom. The number of carbonyl (C=O) groups excluding carboxylic acids is 1. The van der Waals surface area contributed by atoms with Crippen molar-refractivity contribution in [2.75, 3.05) is 26.2 Å². The van der Waals surface area contributed by atoms with Gasteiger partial charge in [0.05, 0.1) is 18.4 Å². The Balaban J connectivity index is 1.90. The molecule has 6 heteroatoms. The van der Waals surface area contributed by atoms with E-state index < -0.39 is 0 Å². The molecule has 2 rings (SSSR count). The highest BCUT2D eigenvalue weighted by Gasteiger charge is 2.17. The predicted octanol–water partition coefficient (Wildman–Crippen LogP) is -0.0704. The van der Waals surface area contributed by atoms with Crippen LogP contribution in [-0.4, -0.2) is 48.0 Å². The van der Waals surface area contributed by atoms with Crippen LogP contribution in [0.2, 0.25) is 0 Å².